The van der Waals surface area contributed by atoms with Crippen molar-refractivity contribution in [1.82, 2.24) is 5.32 Å². The van der Waals surface area contributed by atoms with Gasteiger partial charge in [0.05, 0.1) is 0 Å². The molecule has 1 fully saturated rings. The van der Waals surface area contributed by atoms with Crippen LogP contribution < -0.4 is 5.32 Å². The average molecular weight is 213 g/mol. The van der Waals surface area contributed by atoms with Crippen molar-refractivity contribution < 1.29 is 5.11 Å². The van der Waals surface area contributed by atoms with E-state index in [4.69, 9.17) is 0 Å². The Balaban J connectivity index is 2.24. The van der Waals surface area contributed by atoms with Crippen LogP contribution in [0.3, 0.4) is 0 Å². The molecule has 0 aromatic rings. The van der Waals surface area contributed by atoms with E-state index in [1.54, 1.807) is 0 Å². The molecule has 0 amide bonds. The van der Waals surface area contributed by atoms with Gasteiger partial charge in [0.1, 0.15) is 0 Å². The largest absolute Gasteiger partial charge is 0.396 e. The van der Waals surface area contributed by atoms with Gasteiger partial charge in [-0.2, -0.15) is 0 Å². The monoisotopic (exact) mass is 213 g/mol. The molecule has 0 spiro atoms. The van der Waals surface area contributed by atoms with Gasteiger partial charge >= 0.3 is 0 Å². The van der Waals surface area contributed by atoms with Crippen molar-refractivity contribution in [2.24, 2.45) is 11.3 Å². The molecule has 0 bridgehead atoms. The number of hydrogen-bond donors (Lipinski definition) is 2. The van der Waals surface area contributed by atoms with Gasteiger partial charge < -0.3 is 10.4 Å². The van der Waals surface area contributed by atoms with Crippen LogP contribution in [0.25, 0.3) is 0 Å². The van der Waals surface area contributed by atoms with Crippen LogP contribution in [-0.4, -0.2) is 24.3 Å². The topological polar surface area (TPSA) is 32.3 Å². The highest BCUT2D eigenvalue weighted by molar-refractivity contribution is 4.82. The number of nitrogens with one attached hydrogen (secondary N) is 1. The molecule has 1 aliphatic rings. The smallest absolute Gasteiger partial charge is 0.0496 e. The highest BCUT2D eigenvalue weighted by Gasteiger charge is 2.26. The van der Waals surface area contributed by atoms with E-state index >= 15 is 0 Å². The van der Waals surface area contributed by atoms with Gasteiger partial charge in [-0.15, -0.1) is 0 Å². The fourth-order valence-electron chi connectivity index (χ4n) is 1.83. The second-order valence-electron chi connectivity index (χ2n) is 5.49. The quantitative estimate of drug-likeness (QED) is 0.649. The van der Waals surface area contributed by atoms with Crippen LogP contribution in [0, 0.1) is 11.3 Å². The maximum absolute atomic E-state index is 9.33. The number of hydrogen-bond acceptors (Lipinski definition) is 2. The molecule has 2 heteroatoms. The first-order chi connectivity index (χ1) is 7.13. The molecule has 2 N–H and O–H groups in total. The Labute approximate surface area is 94.5 Å². The summed E-state index contributed by atoms with van der Waals surface area (Å²) in [5, 5.41) is 12.9. The Morgan fingerprint density at radius 3 is 2.47 bits per heavy atom. The van der Waals surface area contributed by atoms with Gasteiger partial charge in [0.2, 0.25) is 0 Å². The van der Waals surface area contributed by atoms with E-state index in [1.807, 2.05) is 0 Å². The van der Waals surface area contributed by atoms with Crippen LogP contribution in [0.5, 0.6) is 0 Å². The van der Waals surface area contributed by atoms with Gasteiger partial charge in [-0.25, -0.2) is 0 Å². The Kier molecular flexibility index (Phi) is 5.07. The van der Waals surface area contributed by atoms with Crippen molar-refractivity contribution in [3.8, 4) is 0 Å². The summed E-state index contributed by atoms with van der Waals surface area (Å²) < 4.78 is 0. The molecule has 90 valence electrons. The Morgan fingerprint density at radius 2 is 2.07 bits per heavy atom. The molecule has 0 radical (unpaired) electrons. The third-order valence-electron chi connectivity index (χ3n) is 3.86. The minimum atomic E-state index is 0.0664. The molecular formula is C13H27NO. The summed E-state index contributed by atoms with van der Waals surface area (Å²) in [6.07, 6.45) is 6.45. The highest BCUT2D eigenvalue weighted by atomic mass is 16.3. The summed E-state index contributed by atoms with van der Waals surface area (Å²) in [7, 11) is 0. The zero-order valence-electron chi connectivity index (χ0n) is 10.6. The molecular weight excluding hydrogens is 186 g/mol. The lowest BCUT2D eigenvalue weighted by Gasteiger charge is -2.29. The lowest BCUT2D eigenvalue weighted by Crippen LogP contribution is -2.40. The number of rotatable bonds is 8. The molecule has 0 aromatic carbocycles. The van der Waals surface area contributed by atoms with Crippen molar-refractivity contribution in [3.63, 3.8) is 0 Å². The Hall–Kier alpha value is -0.0800. The first kappa shape index (κ1) is 13.0. The van der Waals surface area contributed by atoms with Crippen LogP contribution in [0.4, 0.5) is 0 Å². The fourth-order valence-corrected chi connectivity index (χ4v) is 1.83. The minimum Gasteiger partial charge on any atom is -0.396 e. The zero-order chi connectivity index (χ0) is 11.3. The van der Waals surface area contributed by atoms with E-state index in [1.165, 1.54) is 25.7 Å². The van der Waals surface area contributed by atoms with Gasteiger partial charge in [-0.1, -0.05) is 33.6 Å². The van der Waals surface area contributed by atoms with Crippen molar-refractivity contribution in [2.75, 3.05) is 13.2 Å². The van der Waals surface area contributed by atoms with Gasteiger partial charge in [-0.05, 0) is 25.2 Å². The average Bonchev–Trinajstić information content (AvgIpc) is 3.07. The van der Waals surface area contributed by atoms with Crippen LogP contribution in [0.2, 0.25) is 0 Å². The minimum absolute atomic E-state index is 0.0664. The first-order valence-corrected chi connectivity index (χ1v) is 6.47. The maximum Gasteiger partial charge on any atom is 0.0496 e. The molecule has 1 aliphatic carbocycles. The van der Waals surface area contributed by atoms with Gasteiger partial charge in [0, 0.05) is 24.6 Å². The van der Waals surface area contributed by atoms with Crippen molar-refractivity contribution >= 4 is 0 Å². The third-order valence-corrected chi connectivity index (χ3v) is 3.86. The fraction of sp³-hybridized carbons (Fsp3) is 1.00. The second-order valence-corrected chi connectivity index (χ2v) is 5.49. The SMILES string of the molecule is CCC(CC1CC1)NCC(C)(CC)CO. The van der Waals surface area contributed by atoms with E-state index in [-0.39, 0.29) is 12.0 Å². The molecule has 0 heterocycles. The molecule has 2 nitrogen and oxygen atoms in total. The predicted molar refractivity (Wildman–Crippen MR) is 64.9 cm³/mol. The second kappa shape index (κ2) is 5.86. The van der Waals surface area contributed by atoms with Crippen LogP contribution in [0.1, 0.15) is 52.9 Å². The predicted octanol–water partition coefficient (Wildman–Crippen LogP) is 2.56. The number of aliphatic hydroxyl groups excluding tert-OH is 1. The number of aliphatic hydroxyl groups is 1. The molecule has 0 saturated heterocycles. The molecule has 1 rings (SSSR count). The van der Waals surface area contributed by atoms with Crippen LogP contribution in [0.15, 0.2) is 0 Å². The summed E-state index contributed by atoms with van der Waals surface area (Å²) in [6.45, 7) is 7.80. The molecule has 2 atom stereocenters. The maximum atomic E-state index is 9.33. The summed E-state index contributed by atoms with van der Waals surface area (Å²) in [6, 6.07) is 0.662. The van der Waals surface area contributed by atoms with Gasteiger partial charge in [0.25, 0.3) is 0 Å². The Morgan fingerprint density at radius 1 is 1.40 bits per heavy atom. The van der Waals surface area contributed by atoms with Crippen molar-refractivity contribution in [3.05, 3.63) is 0 Å². The Bertz CT molecular complexity index is 173. The first-order valence-electron chi connectivity index (χ1n) is 6.47. The van der Waals surface area contributed by atoms with E-state index in [9.17, 15) is 5.11 Å². The lowest BCUT2D eigenvalue weighted by atomic mass is 9.88. The molecule has 15 heavy (non-hydrogen) atoms. The summed E-state index contributed by atoms with van der Waals surface area (Å²) in [5.74, 6) is 0.990. The summed E-state index contributed by atoms with van der Waals surface area (Å²) >= 11 is 0. The lowest BCUT2D eigenvalue weighted by molar-refractivity contribution is 0.130. The standard InChI is InChI=1S/C13H27NO/c1-4-12(8-11-6-7-11)14-9-13(3,5-2)10-15/h11-12,14-15H,4-10H2,1-3H3. The summed E-state index contributed by atoms with van der Waals surface area (Å²) in [4.78, 5) is 0. The molecule has 1 saturated carbocycles. The van der Waals surface area contributed by atoms with E-state index in [0.29, 0.717) is 6.04 Å². The van der Waals surface area contributed by atoms with E-state index in [2.05, 4.69) is 26.1 Å². The third kappa shape index (κ3) is 4.52. The van der Waals surface area contributed by atoms with Gasteiger partial charge in [-0.3, -0.25) is 0 Å². The van der Waals surface area contributed by atoms with Crippen LogP contribution >= 0.6 is 0 Å². The zero-order valence-corrected chi connectivity index (χ0v) is 10.6. The van der Waals surface area contributed by atoms with Gasteiger partial charge in [0.15, 0.2) is 0 Å². The van der Waals surface area contributed by atoms with Crippen LogP contribution in [-0.2, 0) is 0 Å². The summed E-state index contributed by atoms with van der Waals surface area (Å²) in [5.41, 5.74) is 0.0664. The van der Waals surface area contributed by atoms with E-state index < -0.39 is 0 Å². The highest BCUT2D eigenvalue weighted by Crippen LogP contribution is 2.34. The van der Waals surface area contributed by atoms with Crippen molar-refractivity contribution in [1.29, 1.82) is 0 Å². The van der Waals surface area contributed by atoms with E-state index in [0.717, 1.165) is 18.9 Å². The molecule has 0 aliphatic heterocycles. The molecule has 2 unspecified atom stereocenters. The molecule has 0 aromatic heterocycles. The normalized spacial score (nSPS) is 22.4. The van der Waals surface area contributed by atoms with Crippen molar-refractivity contribution in [2.45, 2.75) is 58.9 Å².